The van der Waals surface area contributed by atoms with Gasteiger partial charge in [-0.2, -0.15) is 5.48 Å². The highest BCUT2D eigenvalue weighted by Gasteiger charge is 2.26. The summed E-state index contributed by atoms with van der Waals surface area (Å²) in [6.07, 6.45) is 2.60. The van der Waals surface area contributed by atoms with Crippen LogP contribution < -0.4 is 10.2 Å². The summed E-state index contributed by atoms with van der Waals surface area (Å²) < 4.78 is 5.40. The molecule has 3 nitrogen and oxygen atoms in total. The van der Waals surface area contributed by atoms with E-state index < -0.39 is 0 Å². The van der Waals surface area contributed by atoms with Gasteiger partial charge in [0, 0.05) is 6.54 Å². The van der Waals surface area contributed by atoms with E-state index in [2.05, 4.69) is 23.7 Å². The van der Waals surface area contributed by atoms with Crippen LogP contribution in [0.4, 0.5) is 0 Å². The predicted octanol–water partition coefficient (Wildman–Crippen LogP) is 2.22. The van der Waals surface area contributed by atoms with Crippen LogP contribution in [0.5, 0.6) is 5.75 Å². The van der Waals surface area contributed by atoms with E-state index in [0.717, 1.165) is 11.7 Å². The van der Waals surface area contributed by atoms with Crippen LogP contribution in [-0.4, -0.2) is 14.2 Å². The van der Waals surface area contributed by atoms with E-state index in [-0.39, 0.29) is 0 Å². The second-order valence-electron chi connectivity index (χ2n) is 3.88. The Labute approximate surface area is 90.3 Å². The average molecular weight is 207 g/mol. The average Bonchev–Trinajstić information content (AvgIpc) is 3.09. The molecule has 3 heteroatoms. The van der Waals surface area contributed by atoms with Crippen molar-refractivity contribution in [3.8, 4) is 5.75 Å². The molecule has 0 amide bonds. The van der Waals surface area contributed by atoms with Crippen molar-refractivity contribution in [2.24, 2.45) is 0 Å². The Hall–Kier alpha value is -1.06. The largest absolute Gasteiger partial charge is 0.496 e. The van der Waals surface area contributed by atoms with E-state index >= 15 is 0 Å². The van der Waals surface area contributed by atoms with Crippen LogP contribution in [0.1, 0.15) is 29.9 Å². The molecule has 0 bridgehead atoms. The molecule has 2 rings (SSSR count). The first-order valence-electron chi connectivity index (χ1n) is 5.28. The van der Waals surface area contributed by atoms with Crippen molar-refractivity contribution in [3.05, 3.63) is 29.3 Å². The second kappa shape index (κ2) is 4.64. The van der Waals surface area contributed by atoms with Gasteiger partial charge in [-0.25, -0.2) is 0 Å². The smallest absolute Gasteiger partial charge is 0.122 e. The molecule has 15 heavy (non-hydrogen) atoms. The summed E-state index contributed by atoms with van der Waals surface area (Å²) in [5.41, 5.74) is 5.35. The lowest BCUT2D eigenvalue weighted by atomic mass is 10.1. The van der Waals surface area contributed by atoms with E-state index in [1.165, 1.54) is 24.0 Å². The minimum Gasteiger partial charge on any atom is -0.496 e. The molecule has 0 heterocycles. The monoisotopic (exact) mass is 207 g/mol. The highest BCUT2D eigenvalue weighted by molar-refractivity contribution is 5.41. The van der Waals surface area contributed by atoms with Crippen molar-refractivity contribution in [1.29, 1.82) is 0 Å². The Morgan fingerprint density at radius 2 is 2.13 bits per heavy atom. The molecule has 0 radical (unpaired) electrons. The first-order valence-corrected chi connectivity index (χ1v) is 5.28. The normalized spacial score (nSPS) is 15.3. The third kappa shape index (κ3) is 2.49. The summed E-state index contributed by atoms with van der Waals surface area (Å²) in [7, 11) is 3.35. The van der Waals surface area contributed by atoms with Crippen LogP contribution in [-0.2, 0) is 11.4 Å². The Balaban J connectivity index is 2.14. The lowest BCUT2D eigenvalue weighted by Crippen LogP contribution is -2.10. The third-order valence-electron chi connectivity index (χ3n) is 2.74. The van der Waals surface area contributed by atoms with Gasteiger partial charge in [-0.15, -0.1) is 0 Å². The van der Waals surface area contributed by atoms with Gasteiger partial charge in [0.05, 0.1) is 14.2 Å². The number of hydrogen-bond acceptors (Lipinski definition) is 3. The first-order chi connectivity index (χ1) is 7.35. The molecule has 1 aliphatic rings. The Morgan fingerprint density at radius 3 is 2.73 bits per heavy atom. The van der Waals surface area contributed by atoms with Crippen molar-refractivity contribution in [1.82, 2.24) is 5.48 Å². The number of ether oxygens (including phenoxy) is 1. The number of hydrogen-bond donors (Lipinski definition) is 1. The molecular formula is C12H17NO2. The van der Waals surface area contributed by atoms with E-state index in [0.29, 0.717) is 6.54 Å². The van der Waals surface area contributed by atoms with E-state index in [4.69, 9.17) is 9.57 Å². The summed E-state index contributed by atoms with van der Waals surface area (Å²) in [6, 6.07) is 6.38. The summed E-state index contributed by atoms with van der Waals surface area (Å²) in [6.45, 7) is 0.706. The van der Waals surface area contributed by atoms with Crippen molar-refractivity contribution in [2.75, 3.05) is 14.2 Å². The van der Waals surface area contributed by atoms with Crippen LogP contribution in [0, 0.1) is 0 Å². The molecule has 1 saturated carbocycles. The minimum absolute atomic E-state index is 0.706. The van der Waals surface area contributed by atoms with Crippen LogP contribution in [0.25, 0.3) is 0 Å². The van der Waals surface area contributed by atoms with E-state index in [9.17, 15) is 0 Å². The molecule has 1 aromatic rings. The molecule has 1 fully saturated rings. The van der Waals surface area contributed by atoms with Crippen LogP contribution in [0.15, 0.2) is 18.2 Å². The maximum atomic E-state index is 5.40. The maximum absolute atomic E-state index is 5.40. The zero-order chi connectivity index (χ0) is 10.7. The highest BCUT2D eigenvalue weighted by Crippen LogP contribution is 2.44. The number of nitrogens with one attached hydrogen (secondary N) is 1. The summed E-state index contributed by atoms with van der Waals surface area (Å²) in [4.78, 5) is 4.82. The summed E-state index contributed by atoms with van der Waals surface area (Å²) in [5.74, 6) is 1.73. The van der Waals surface area contributed by atoms with Gasteiger partial charge in [0.15, 0.2) is 0 Å². The SMILES string of the molecule is CONCc1ccc(C2CC2)c(OC)c1. The van der Waals surface area contributed by atoms with Gasteiger partial charge in [0.25, 0.3) is 0 Å². The van der Waals surface area contributed by atoms with Crippen LogP contribution >= 0.6 is 0 Å². The second-order valence-corrected chi connectivity index (χ2v) is 3.88. The van der Waals surface area contributed by atoms with Gasteiger partial charge >= 0.3 is 0 Å². The summed E-state index contributed by atoms with van der Waals surface area (Å²) in [5, 5.41) is 0. The first kappa shape index (κ1) is 10.5. The fourth-order valence-electron chi connectivity index (χ4n) is 1.75. The molecular weight excluding hydrogens is 190 g/mol. The van der Waals surface area contributed by atoms with Crippen molar-refractivity contribution in [3.63, 3.8) is 0 Å². The van der Waals surface area contributed by atoms with Gasteiger partial charge in [-0.1, -0.05) is 12.1 Å². The van der Waals surface area contributed by atoms with Crippen molar-refractivity contribution >= 4 is 0 Å². The molecule has 0 aromatic heterocycles. The summed E-state index contributed by atoms with van der Waals surface area (Å²) >= 11 is 0. The number of benzene rings is 1. The zero-order valence-electron chi connectivity index (χ0n) is 9.25. The molecule has 0 saturated heterocycles. The van der Waals surface area contributed by atoms with Crippen LogP contribution in [0.3, 0.4) is 0 Å². The Bertz CT molecular complexity index is 334. The molecule has 1 aliphatic carbocycles. The lowest BCUT2D eigenvalue weighted by Gasteiger charge is -2.10. The quantitative estimate of drug-likeness (QED) is 0.751. The molecule has 1 N–H and O–H groups in total. The van der Waals surface area contributed by atoms with Crippen LogP contribution in [0.2, 0.25) is 0 Å². The highest BCUT2D eigenvalue weighted by atomic mass is 16.6. The Kier molecular flexibility index (Phi) is 3.23. The van der Waals surface area contributed by atoms with E-state index in [1.54, 1.807) is 14.2 Å². The fourth-order valence-corrected chi connectivity index (χ4v) is 1.75. The van der Waals surface area contributed by atoms with Gasteiger partial charge < -0.3 is 9.57 Å². The number of methoxy groups -OCH3 is 1. The molecule has 0 unspecified atom stereocenters. The number of rotatable bonds is 5. The Morgan fingerprint density at radius 1 is 1.33 bits per heavy atom. The van der Waals surface area contributed by atoms with Crippen molar-refractivity contribution in [2.45, 2.75) is 25.3 Å². The molecule has 0 atom stereocenters. The fraction of sp³-hybridized carbons (Fsp3) is 0.500. The zero-order valence-corrected chi connectivity index (χ0v) is 9.25. The molecule has 82 valence electrons. The standard InChI is InChI=1S/C12H17NO2/c1-14-12-7-9(8-13-15-2)3-6-11(12)10-4-5-10/h3,6-7,10,13H,4-5,8H2,1-2H3. The minimum atomic E-state index is 0.706. The topological polar surface area (TPSA) is 30.5 Å². The lowest BCUT2D eigenvalue weighted by molar-refractivity contribution is 0.0867. The van der Waals surface area contributed by atoms with Crippen molar-refractivity contribution < 1.29 is 9.57 Å². The predicted molar refractivity (Wildman–Crippen MR) is 58.8 cm³/mol. The third-order valence-corrected chi connectivity index (χ3v) is 2.74. The maximum Gasteiger partial charge on any atom is 0.122 e. The molecule has 1 aromatic carbocycles. The van der Waals surface area contributed by atoms with Gasteiger partial charge in [0.1, 0.15) is 5.75 Å². The van der Waals surface area contributed by atoms with Gasteiger partial charge in [0.2, 0.25) is 0 Å². The van der Waals surface area contributed by atoms with E-state index in [1.807, 2.05) is 0 Å². The van der Waals surface area contributed by atoms with Gasteiger partial charge in [-0.05, 0) is 36.0 Å². The number of hydroxylamine groups is 1. The van der Waals surface area contributed by atoms with Gasteiger partial charge in [-0.3, -0.25) is 0 Å². The molecule has 0 aliphatic heterocycles. The molecule has 0 spiro atoms.